The zero-order valence-corrected chi connectivity index (χ0v) is 21.8. The molecule has 0 unspecified atom stereocenters. The van der Waals surface area contributed by atoms with Crippen LogP contribution in [0.5, 0.6) is 5.75 Å². The zero-order valence-electron chi connectivity index (χ0n) is 21.8. The quantitative estimate of drug-likeness (QED) is 0.219. The molecule has 0 radical (unpaired) electrons. The van der Waals surface area contributed by atoms with Crippen LogP contribution in [0.15, 0.2) is 48.7 Å². The number of hydrogen-bond donors (Lipinski definition) is 3. The van der Waals surface area contributed by atoms with Gasteiger partial charge < -0.3 is 20.0 Å². The van der Waals surface area contributed by atoms with Gasteiger partial charge in [-0.1, -0.05) is 32.0 Å². The molecule has 37 heavy (non-hydrogen) atoms. The summed E-state index contributed by atoms with van der Waals surface area (Å²) in [5.74, 6) is 2.87. The molecular weight excluding hydrogens is 460 g/mol. The van der Waals surface area contributed by atoms with Gasteiger partial charge in [0.2, 0.25) is 0 Å². The monoisotopic (exact) mass is 494 g/mol. The van der Waals surface area contributed by atoms with Gasteiger partial charge in [-0.15, -0.1) is 0 Å². The molecule has 3 heterocycles. The predicted octanol–water partition coefficient (Wildman–Crippen LogP) is 6.01. The van der Waals surface area contributed by atoms with Gasteiger partial charge in [-0.25, -0.2) is 9.97 Å². The molecule has 1 aliphatic rings. The summed E-state index contributed by atoms with van der Waals surface area (Å²) in [6, 6.07) is 15.3. The van der Waals surface area contributed by atoms with Crippen molar-refractivity contribution in [2.75, 3.05) is 20.1 Å². The lowest BCUT2D eigenvalue weighted by molar-refractivity contribution is 0.303. The van der Waals surface area contributed by atoms with Crippen molar-refractivity contribution < 1.29 is 4.74 Å². The van der Waals surface area contributed by atoms with E-state index in [9.17, 15) is 0 Å². The number of H-pyrrole nitrogens is 2. The Labute approximate surface area is 217 Å². The van der Waals surface area contributed by atoms with Gasteiger partial charge in [0.05, 0.1) is 36.0 Å². The number of nitrogens with one attached hydrogen (secondary N) is 3. The van der Waals surface area contributed by atoms with Crippen LogP contribution in [-0.4, -0.2) is 45.0 Å². The third-order valence-corrected chi connectivity index (χ3v) is 7.08. The molecule has 0 bridgehead atoms. The third kappa shape index (κ3) is 4.61. The molecule has 7 nitrogen and oxygen atoms in total. The highest BCUT2D eigenvalue weighted by Crippen LogP contribution is 2.42. The zero-order chi connectivity index (χ0) is 25.4. The van der Waals surface area contributed by atoms with Crippen LogP contribution < -0.4 is 10.1 Å². The molecule has 0 fully saturated rings. The number of aromatic amines is 2. The number of ether oxygens (including phenoxy) is 1. The second-order valence-electron chi connectivity index (χ2n) is 10.0. The summed E-state index contributed by atoms with van der Waals surface area (Å²) in [6.45, 7) is 8.52. The molecule has 0 aliphatic carbocycles. The normalized spacial score (nSPS) is 12.8. The van der Waals surface area contributed by atoms with Crippen molar-refractivity contribution in [3.63, 3.8) is 0 Å². The Hall–Kier alpha value is -3.68. The number of fused-ring (bicyclic) bond motifs is 6. The SMILES string of the molecule is CCCNCc1ncc(-c2ccc3c(c2)COc2cc4c(ccc5[nH]c(CN(C)CCC)nc54)cc2-3)[nH]1. The van der Waals surface area contributed by atoms with E-state index in [1.807, 2.05) is 6.20 Å². The van der Waals surface area contributed by atoms with Crippen LogP contribution in [0.1, 0.15) is 43.9 Å². The summed E-state index contributed by atoms with van der Waals surface area (Å²) in [5, 5.41) is 5.69. The fraction of sp³-hybridized carbons (Fsp3) is 0.333. The number of aromatic nitrogens is 4. The van der Waals surface area contributed by atoms with Gasteiger partial charge in [0.1, 0.15) is 24.0 Å². The van der Waals surface area contributed by atoms with Crippen molar-refractivity contribution >= 4 is 21.8 Å². The van der Waals surface area contributed by atoms with Crippen LogP contribution in [0, 0.1) is 0 Å². The third-order valence-electron chi connectivity index (χ3n) is 7.08. The Bertz CT molecular complexity index is 1570. The van der Waals surface area contributed by atoms with Gasteiger partial charge in [-0.2, -0.15) is 0 Å². The summed E-state index contributed by atoms with van der Waals surface area (Å²) in [7, 11) is 2.14. The molecule has 0 spiro atoms. The van der Waals surface area contributed by atoms with Crippen molar-refractivity contribution in [3.05, 3.63) is 65.9 Å². The first kappa shape index (κ1) is 23.7. The first-order valence-corrected chi connectivity index (χ1v) is 13.3. The number of imidazole rings is 2. The number of hydrogen-bond acceptors (Lipinski definition) is 5. The molecule has 2 aromatic heterocycles. The maximum atomic E-state index is 6.29. The van der Waals surface area contributed by atoms with E-state index in [1.165, 1.54) is 16.5 Å². The highest BCUT2D eigenvalue weighted by molar-refractivity contribution is 6.07. The van der Waals surface area contributed by atoms with Gasteiger partial charge in [0, 0.05) is 10.9 Å². The fourth-order valence-corrected chi connectivity index (χ4v) is 5.28. The molecule has 0 saturated carbocycles. The first-order valence-electron chi connectivity index (χ1n) is 13.3. The molecule has 0 amide bonds. The predicted molar refractivity (Wildman–Crippen MR) is 150 cm³/mol. The molecular formula is C30H34N6O. The lowest BCUT2D eigenvalue weighted by Crippen LogP contribution is -2.19. The molecule has 0 atom stereocenters. The molecule has 0 saturated heterocycles. The van der Waals surface area contributed by atoms with Gasteiger partial charge in [-0.05, 0) is 79.3 Å². The summed E-state index contributed by atoms with van der Waals surface area (Å²) >= 11 is 0. The average molecular weight is 495 g/mol. The van der Waals surface area contributed by atoms with Crippen LogP contribution >= 0.6 is 0 Å². The minimum absolute atomic E-state index is 0.546. The van der Waals surface area contributed by atoms with Crippen LogP contribution in [0.25, 0.3) is 44.2 Å². The molecule has 190 valence electrons. The van der Waals surface area contributed by atoms with E-state index in [0.29, 0.717) is 6.61 Å². The van der Waals surface area contributed by atoms with Crippen LogP contribution in [0.4, 0.5) is 0 Å². The summed E-state index contributed by atoms with van der Waals surface area (Å²) in [6.07, 6.45) is 4.16. The Kier molecular flexibility index (Phi) is 6.40. The van der Waals surface area contributed by atoms with Gasteiger partial charge in [0.15, 0.2) is 0 Å². The van der Waals surface area contributed by atoms with Gasteiger partial charge in [-0.3, -0.25) is 4.90 Å². The van der Waals surface area contributed by atoms with E-state index in [2.05, 4.69) is 88.5 Å². The topological polar surface area (TPSA) is 81.9 Å². The molecule has 7 heteroatoms. The standard InChI is InChI=1S/C30H34N6O/c1-4-10-31-16-28-32-15-26(34-28)20-6-8-22-21(12-20)18-37-27-14-23-19(13-24(22)27)7-9-25-30(23)35-29(33-25)17-36(3)11-5-2/h6-9,12-15,31H,4-5,10-11,16-18H2,1-3H3,(H,32,34)(H,33,35). The Morgan fingerprint density at radius 1 is 1.00 bits per heavy atom. The lowest BCUT2D eigenvalue weighted by atomic mass is 9.92. The maximum Gasteiger partial charge on any atom is 0.128 e. The molecule has 3 N–H and O–H groups in total. The smallest absolute Gasteiger partial charge is 0.128 e. The number of rotatable bonds is 9. The van der Waals surface area contributed by atoms with E-state index in [-0.39, 0.29) is 0 Å². The first-order chi connectivity index (χ1) is 18.1. The summed E-state index contributed by atoms with van der Waals surface area (Å²) < 4.78 is 6.29. The summed E-state index contributed by atoms with van der Waals surface area (Å²) in [5.41, 5.74) is 7.77. The van der Waals surface area contributed by atoms with Crippen molar-refractivity contribution in [2.45, 2.75) is 46.4 Å². The fourth-order valence-electron chi connectivity index (χ4n) is 5.28. The minimum Gasteiger partial charge on any atom is -0.488 e. The Balaban J connectivity index is 1.31. The van der Waals surface area contributed by atoms with Crippen LogP contribution in [-0.2, 0) is 19.7 Å². The van der Waals surface area contributed by atoms with Crippen LogP contribution in [0.3, 0.4) is 0 Å². The average Bonchev–Trinajstić information content (AvgIpc) is 3.54. The minimum atomic E-state index is 0.546. The van der Waals surface area contributed by atoms with E-state index in [0.717, 1.165) is 89.7 Å². The van der Waals surface area contributed by atoms with Gasteiger partial charge in [0.25, 0.3) is 0 Å². The van der Waals surface area contributed by atoms with Crippen molar-refractivity contribution in [1.29, 1.82) is 0 Å². The van der Waals surface area contributed by atoms with E-state index < -0.39 is 0 Å². The van der Waals surface area contributed by atoms with Crippen LogP contribution in [0.2, 0.25) is 0 Å². The molecule has 1 aliphatic heterocycles. The van der Waals surface area contributed by atoms with Crippen molar-refractivity contribution in [3.8, 4) is 28.1 Å². The second-order valence-corrected chi connectivity index (χ2v) is 10.0. The molecule has 6 rings (SSSR count). The highest BCUT2D eigenvalue weighted by atomic mass is 16.5. The second kappa shape index (κ2) is 10.00. The maximum absolute atomic E-state index is 6.29. The van der Waals surface area contributed by atoms with E-state index in [4.69, 9.17) is 9.72 Å². The highest BCUT2D eigenvalue weighted by Gasteiger charge is 2.20. The summed E-state index contributed by atoms with van der Waals surface area (Å²) in [4.78, 5) is 18.7. The largest absolute Gasteiger partial charge is 0.488 e. The van der Waals surface area contributed by atoms with Gasteiger partial charge >= 0.3 is 0 Å². The van der Waals surface area contributed by atoms with E-state index >= 15 is 0 Å². The molecule has 3 aromatic carbocycles. The number of nitrogens with zero attached hydrogens (tertiary/aromatic N) is 3. The Morgan fingerprint density at radius 3 is 2.78 bits per heavy atom. The molecule has 5 aromatic rings. The van der Waals surface area contributed by atoms with Crippen molar-refractivity contribution in [2.24, 2.45) is 0 Å². The van der Waals surface area contributed by atoms with Crippen molar-refractivity contribution in [1.82, 2.24) is 30.2 Å². The number of benzene rings is 3. The van der Waals surface area contributed by atoms with E-state index in [1.54, 1.807) is 0 Å². The lowest BCUT2D eigenvalue weighted by Gasteiger charge is -2.22. The Morgan fingerprint density at radius 2 is 1.92 bits per heavy atom.